The molecule has 4 heteroatoms. The molecule has 1 unspecified atom stereocenters. The van der Waals surface area contributed by atoms with Gasteiger partial charge in [0.05, 0.1) is 11.8 Å². The Balaban J connectivity index is 2.74. The lowest BCUT2D eigenvalue weighted by Crippen LogP contribution is -2.26. The molecule has 1 saturated heterocycles. The van der Waals surface area contributed by atoms with Gasteiger partial charge in [-0.25, -0.2) is 5.09 Å². The molecule has 1 N–H and O–H groups in total. The van der Waals surface area contributed by atoms with E-state index >= 15 is 0 Å². The fraction of sp³-hybridized carbons (Fsp3) is 1.00. The van der Waals surface area contributed by atoms with Crippen LogP contribution in [0.25, 0.3) is 0 Å². The molecule has 0 radical (unpaired) electrons. The molecule has 0 aromatic carbocycles. The summed E-state index contributed by atoms with van der Waals surface area (Å²) in [5.41, 5.74) is 0. The van der Waals surface area contributed by atoms with E-state index in [1.165, 1.54) is 0 Å². The summed E-state index contributed by atoms with van der Waals surface area (Å²) in [5.74, 6) is 0. The van der Waals surface area contributed by atoms with Gasteiger partial charge in [-0.2, -0.15) is 0 Å². The summed E-state index contributed by atoms with van der Waals surface area (Å²) in [6.45, 7) is 7.29. The Bertz CT molecular complexity index is 186. The van der Waals surface area contributed by atoms with Crippen molar-refractivity contribution in [2.45, 2.75) is 38.8 Å². The largest absolute Gasteiger partial charge is 0.317 e. The van der Waals surface area contributed by atoms with Gasteiger partial charge in [-0.05, 0) is 33.6 Å². The van der Waals surface area contributed by atoms with Crippen LogP contribution in [0.3, 0.4) is 0 Å². The fourth-order valence-electron chi connectivity index (χ4n) is 1.12. The first-order chi connectivity index (χ1) is 5.46. The number of rotatable bonds is 0. The van der Waals surface area contributed by atoms with Crippen LogP contribution in [0.15, 0.2) is 0 Å². The highest BCUT2D eigenvalue weighted by atomic mass is 31.2. The Morgan fingerprint density at radius 2 is 2.00 bits per heavy atom. The summed E-state index contributed by atoms with van der Waals surface area (Å²) >= 11 is 0. The van der Waals surface area contributed by atoms with Gasteiger partial charge >= 0.3 is 0 Å². The van der Waals surface area contributed by atoms with Gasteiger partial charge in [0.2, 0.25) is 0 Å². The molecular weight excluding hydrogens is 173 g/mol. The van der Waals surface area contributed by atoms with Gasteiger partial charge in [0.1, 0.15) is 0 Å². The molecule has 0 bridgehead atoms. The van der Waals surface area contributed by atoms with Crippen molar-refractivity contribution in [3.8, 4) is 0 Å². The Hall–Kier alpha value is 0.150. The predicted molar refractivity (Wildman–Crippen MR) is 50.5 cm³/mol. The van der Waals surface area contributed by atoms with Crippen LogP contribution < -0.4 is 5.09 Å². The monoisotopic (exact) mass is 191 g/mol. The molecule has 0 saturated carbocycles. The Kier molecular flexibility index (Phi) is 2.97. The SMILES string of the molecule is CC(C)(C)P1(=O)NCCCCO1. The standard InChI is InChI=1S/C8H18NO2P/c1-8(2,3)12(10)9-6-4-5-7-11-12/h4-7H2,1-3H3,(H,9,10). The lowest BCUT2D eigenvalue weighted by Gasteiger charge is -2.29. The first kappa shape index (κ1) is 10.2. The summed E-state index contributed by atoms with van der Waals surface area (Å²) in [4.78, 5) is 0. The molecule has 1 heterocycles. The highest BCUT2D eigenvalue weighted by molar-refractivity contribution is 7.58. The Morgan fingerprint density at radius 1 is 1.33 bits per heavy atom. The second kappa shape index (κ2) is 3.49. The molecule has 0 aromatic heterocycles. The van der Waals surface area contributed by atoms with Gasteiger partial charge in [0, 0.05) is 6.54 Å². The van der Waals surface area contributed by atoms with Crippen LogP contribution >= 0.6 is 7.52 Å². The molecule has 0 aromatic rings. The average Bonchev–Trinajstić information content (AvgIpc) is 2.12. The molecule has 1 fully saturated rings. The first-order valence-corrected chi connectivity index (χ1v) is 6.08. The van der Waals surface area contributed by atoms with Crippen molar-refractivity contribution < 1.29 is 9.09 Å². The minimum Gasteiger partial charge on any atom is -0.317 e. The van der Waals surface area contributed by atoms with Gasteiger partial charge in [0.25, 0.3) is 7.52 Å². The van der Waals surface area contributed by atoms with Crippen molar-refractivity contribution >= 4 is 7.52 Å². The zero-order valence-corrected chi connectivity index (χ0v) is 8.99. The van der Waals surface area contributed by atoms with Crippen LogP contribution in [0.2, 0.25) is 0 Å². The van der Waals surface area contributed by atoms with Crippen LogP contribution in [0.1, 0.15) is 33.6 Å². The minimum atomic E-state index is -2.59. The van der Waals surface area contributed by atoms with E-state index in [1.54, 1.807) is 0 Å². The fourth-order valence-corrected chi connectivity index (χ4v) is 2.91. The van der Waals surface area contributed by atoms with Crippen LogP contribution in [0, 0.1) is 0 Å². The molecule has 0 amide bonds. The van der Waals surface area contributed by atoms with Gasteiger partial charge in [-0.1, -0.05) is 0 Å². The van der Waals surface area contributed by atoms with E-state index in [1.807, 2.05) is 20.8 Å². The molecule has 72 valence electrons. The maximum atomic E-state index is 12.1. The van der Waals surface area contributed by atoms with Gasteiger partial charge in [-0.3, -0.25) is 4.57 Å². The number of hydrogen-bond acceptors (Lipinski definition) is 2. The molecule has 1 aliphatic rings. The molecule has 3 nitrogen and oxygen atoms in total. The Morgan fingerprint density at radius 3 is 2.58 bits per heavy atom. The summed E-state index contributed by atoms with van der Waals surface area (Å²) in [7, 11) is -2.59. The smallest absolute Gasteiger partial charge is 0.274 e. The summed E-state index contributed by atoms with van der Waals surface area (Å²) in [6.07, 6.45) is 2.06. The van der Waals surface area contributed by atoms with Crippen LogP contribution in [0.4, 0.5) is 0 Å². The van der Waals surface area contributed by atoms with Crippen LogP contribution in [0.5, 0.6) is 0 Å². The first-order valence-electron chi connectivity index (χ1n) is 4.45. The predicted octanol–water partition coefficient (Wildman–Crippen LogP) is 2.38. The normalized spacial score (nSPS) is 32.9. The molecule has 1 rings (SSSR count). The van der Waals surface area contributed by atoms with Crippen LogP contribution in [-0.2, 0) is 9.09 Å². The van der Waals surface area contributed by atoms with Crippen molar-refractivity contribution in [2.24, 2.45) is 0 Å². The molecule has 0 aliphatic carbocycles. The van der Waals surface area contributed by atoms with E-state index < -0.39 is 7.52 Å². The molecular formula is C8H18NO2P. The second-order valence-electron chi connectivity index (χ2n) is 4.17. The van der Waals surface area contributed by atoms with Crippen LogP contribution in [-0.4, -0.2) is 18.3 Å². The maximum absolute atomic E-state index is 12.1. The summed E-state index contributed by atoms with van der Waals surface area (Å²) in [5, 5.41) is 2.75. The topological polar surface area (TPSA) is 38.3 Å². The van der Waals surface area contributed by atoms with Crippen molar-refractivity contribution in [3.05, 3.63) is 0 Å². The van der Waals surface area contributed by atoms with E-state index in [-0.39, 0.29) is 5.16 Å². The van der Waals surface area contributed by atoms with E-state index in [4.69, 9.17) is 4.52 Å². The molecule has 12 heavy (non-hydrogen) atoms. The Labute approximate surface area is 74.4 Å². The lowest BCUT2D eigenvalue weighted by atomic mass is 10.3. The van der Waals surface area contributed by atoms with E-state index in [0.717, 1.165) is 19.4 Å². The highest BCUT2D eigenvalue weighted by Crippen LogP contribution is 2.55. The third-order valence-corrected chi connectivity index (χ3v) is 5.00. The van der Waals surface area contributed by atoms with E-state index in [0.29, 0.717) is 6.61 Å². The zero-order chi connectivity index (χ0) is 9.24. The maximum Gasteiger partial charge on any atom is 0.274 e. The van der Waals surface area contributed by atoms with Crippen molar-refractivity contribution in [2.75, 3.05) is 13.2 Å². The molecule has 1 atom stereocenters. The number of nitrogens with one attached hydrogen (secondary N) is 1. The van der Waals surface area contributed by atoms with E-state index in [9.17, 15) is 4.57 Å². The third-order valence-electron chi connectivity index (χ3n) is 2.05. The van der Waals surface area contributed by atoms with Gasteiger partial charge in [-0.15, -0.1) is 0 Å². The quantitative estimate of drug-likeness (QED) is 0.597. The second-order valence-corrected chi connectivity index (χ2v) is 7.19. The highest BCUT2D eigenvalue weighted by Gasteiger charge is 2.38. The lowest BCUT2D eigenvalue weighted by molar-refractivity contribution is 0.298. The van der Waals surface area contributed by atoms with Crippen molar-refractivity contribution in [1.29, 1.82) is 0 Å². The van der Waals surface area contributed by atoms with E-state index in [2.05, 4.69) is 5.09 Å². The molecule has 1 aliphatic heterocycles. The zero-order valence-electron chi connectivity index (χ0n) is 8.09. The van der Waals surface area contributed by atoms with Gasteiger partial charge < -0.3 is 4.52 Å². The third kappa shape index (κ3) is 2.09. The van der Waals surface area contributed by atoms with Crippen molar-refractivity contribution in [3.63, 3.8) is 0 Å². The van der Waals surface area contributed by atoms with Crippen molar-refractivity contribution in [1.82, 2.24) is 5.09 Å². The summed E-state index contributed by atoms with van der Waals surface area (Å²) < 4.78 is 17.5. The average molecular weight is 191 g/mol. The minimum absolute atomic E-state index is 0.280. The van der Waals surface area contributed by atoms with Gasteiger partial charge in [0.15, 0.2) is 0 Å². The summed E-state index contributed by atoms with van der Waals surface area (Å²) in [6, 6.07) is 0. The molecule has 0 spiro atoms. The number of hydrogen-bond donors (Lipinski definition) is 1.